The van der Waals surface area contributed by atoms with Crippen molar-refractivity contribution >= 4 is 116 Å². The lowest BCUT2D eigenvalue weighted by Crippen LogP contribution is -2.27. The molecule has 18 rings (SSSR count). The topological polar surface area (TPSA) is 365 Å². The maximum Gasteiger partial charge on any atom is 0.270 e. The second-order valence-corrected chi connectivity index (χ2v) is 40.6. The van der Waals surface area contributed by atoms with Crippen LogP contribution in [0.4, 0.5) is 0 Å². The molecule has 14 aromatic rings. The number of hydrogen-bond acceptors (Lipinski definition) is 19. The number of carbonyl (C=O) groups is 2. The summed E-state index contributed by atoms with van der Waals surface area (Å²) in [5.41, 5.74) is 9.53. The van der Waals surface area contributed by atoms with Gasteiger partial charge in [0.05, 0.1) is 41.2 Å². The highest BCUT2D eigenvalue weighted by atomic mass is 32.2. The van der Waals surface area contributed by atoms with E-state index in [0.717, 1.165) is 99.5 Å². The van der Waals surface area contributed by atoms with Crippen molar-refractivity contribution < 1.29 is 65.2 Å². The monoisotopic (exact) mass is 1720 g/mol. The molecule has 12 heterocycles. The number of benzene rings is 6. The maximum atomic E-state index is 13.5. The highest BCUT2D eigenvalue weighted by Gasteiger charge is 2.33. The number of aliphatic hydroxyl groups excluding tert-OH is 1. The van der Waals surface area contributed by atoms with Gasteiger partial charge in [0.1, 0.15) is 17.0 Å². The van der Waals surface area contributed by atoms with Crippen molar-refractivity contribution in [3.05, 3.63) is 254 Å². The van der Waals surface area contributed by atoms with Crippen LogP contribution in [-0.4, -0.2) is 175 Å². The zero-order valence-corrected chi connectivity index (χ0v) is 69.9. The molecule has 0 aliphatic carbocycles. The molecule has 0 amide bonds. The molecule has 33 heteroatoms. The van der Waals surface area contributed by atoms with Gasteiger partial charge >= 0.3 is 0 Å². The summed E-state index contributed by atoms with van der Waals surface area (Å²) in [5, 5.41) is 12.7. The molecule has 3 N–H and O–H groups in total. The predicted molar refractivity (Wildman–Crippen MR) is 454 cm³/mol. The standard InChI is InChI=1S/C25H23N3O5S2.C23H21N3O4S2.C19H21N3O3S.C19H19N3O3S/c1-18(29)24-17-23-22(19-9-11-21(12-10-19)34(30,31)27-15-5-6-16-27)13-14-26-25(23)28(24)35(32,33)20-7-3-2-4-8-20;27-31(28,25-15-4-5-16-25)20-10-8-18(9-11-20)21-12-14-24-23-22(21)13-17-26(23)32(29,30)19-6-2-1-3-7-19;2*1-13(23)18-12-17-16(8-9-20-19(17)21-18)14-4-6-15(7-5-14)26(24,25)22-10-2-3-11-22/h2-4,7-14,17H,5-6,15-16H2,1H3;1-3,6-14,17H,4-5,15-16H2;4-9,12-13,23H,2-3,10-11H2,1H3,(H,20,21);4-9,12H,2-3,10-11H2,1H3,(H,20,21). The van der Waals surface area contributed by atoms with Gasteiger partial charge in [-0.05, 0) is 224 Å². The number of nitrogens with one attached hydrogen (secondary N) is 2. The molecular weight excluding hydrogens is 1630 g/mol. The summed E-state index contributed by atoms with van der Waals surface area (Å²) in [5.74, 6) is -0.471. The second kappa shape index (κ2) is 34.0. The van der Waals surface area contributed by atoms with E-state index >= 15 is 0 Å². The van der Waals surface area contributed by atoms with Crippen LogP contribution in [0.3, 0.4) is 0 Å². The third-order valence-electron chi connectivity index (χ3n) is 21.5. The first-order valence-electron chi connectivity index (χ1n) is 38.7. The van der Waals surface area contributed by atoms with E-state index in [1.807, 2.05) is 30.3 Å². The molecule has 0 radical (unpaired) electrons. The Morgan fingerprint density at radius 1 is 0.345 bits per heavy atom. The Kier molecular flexibility index (Phi) is 23.7. The van der Waals surface area contributed by atoms with Crippen molar-refractivity contribution in [2.45, 2.75) is 108 Å². The number of carbonyl (C=O) groups excluding carboxylic acids is 2. The van der Waals surface area contributed by atoms with Gasteiger partial charge in [0.25, 0.3) is 20.0 Å². The first kappa shape index (κ1) is 83.0. The Labute approximate surface area is 690 Å². The Balaban J connectivity index is 0.000000125. The lowest BCUT2D eigenvalue weighted by atomic mass is 10.0. The van der Waals surface area contributed by atoms with Crippen LogP contribution in [0.25, 0.3) is 88.6 Å². The number of ketones is 2. The summed E-state index contributed by atoms with van der Waals surface area (Å²) < 4.78 is 163. The number of aromatic nitrogens is 8. The van der Waals surface area contributed by atoms with Gasteiger partial charge in [-0.1, -0.05) is 84.9 Å². The lowest BCUT2D eigenvalue weighted by Gasteiger charge is -2.15. The Hall–Kier alpha value is -11.1. The minimum atomic E-state index is -4.08. The first-order valence-corrected chi connectivity index (χ1v) is 47.3. The molecule has 0 bridgehead atoms. The smallest absolute Gasteiger partial charge is 0.270 e. The number of rotatable bonds is 19. The molecule has 4 aliphatic heterocycles. The van der Waals surface area contributed by atoms with Gasteiger partial charge in [0, 0.05) is 124 Å². The van der Waals surface area contributed by atoms with Gasteiger partial charge in [-0.25, -0.2) is 78.4 Å². The summed E-state index contributed by atoms with van der Waals surface area (Å²) in [6, 6.07) is 57.3. The van der Waals surface area contributed by atoms with Crippen LogP contribution in [0.2, 0.25) is 0 Å². The average molecular weight is 1720 g/mol. The van der Waals surface area contributed by atoms with Gasteiger partial charge < -0.3 is 15.1 Å². The molecule has 119 heavy (non-hydrogen) atoms. The Morgan fingerprint density at radius 2 is 0.672 bits per heavy atom. The van der Waals surface area contributed by atoms with E-state index in [0.29, 0.717) is 112 Å². The van der Waals surface area contributed by atoms with Gasteiger partial charge in [0.15, 0.2) is 22.9 Å². The summed E-state index contributed by atoms with van der Waals surface area (Å²) in [6.45, 7) is 9.03. The van der Waals surface area contributed by atoms with E-state index in [9.17, 15) is 65.2 Å². The van der Waals surface area contributed by atoms with Gasteiger partial charge in [-0.15, -0.1) is 0 Å². The highest BCUT2D eigenvalue weighted by molar-refractivity contribution is 7.91. The molecule has 27 nitrogen and oxygen atoms in total. The normalized spacial score (nSPS) is 15.7. The van der Waals surface area contributed by atoms with Gasteiger partial charge in [-0.2, -0.15) is 17.2 Å². The Morgan fingerprint density at radius 3 is 1.04 bits per heavy atom. The number of aromatic amines is 2. The molecule has 6 aromatic carbocycles. The number of H-pyrrole nitrogens is 2. The van der Waals surface area contributed by atoms with Gasteiger partial charge in [0.2, 0.25) is 40.1 Å². The fourth-order valence-corrected chi connectivity index (χ4v) is 24.1. The molecule has 1 unspecified atom stereocenters. The molecular formula is C86H84N12O15S6. The first-order chi connectivity index (χ1) is 57.0. The van der Waals surface area contributed by atoms with E-state index in [-0.39, 0.29) is 36.7 Å². The number of nitrogens with zero attached hydrogens (tertiary/aromatic N) is 10. The van der Waals surface area contributed by atoms with Crippen molar-refractivity contribution in [1.29, 1.82) is 0 Å². The SMILES string of the molecule is CC(=O)c1cc2c(-c3ccc(S(=O)(=O)N4CCCC4)cc3)ccnc2[nH]1.CC(=O)c1cc2c(-c3ccc(S(=O)(=O)N4CCCC4)cc3)ccnc2n1S(=O)(=O)c1ccccc1.CC(O)c1cc2c(-c3ccc(S(=O)(=O)N4CCCC4)cc3)ccnc2[nH]1.O=S(=O)(c1ccc(-c2ccnc3c2ccn3S(=O)(=O)c2ccccc2)cc1)N1CCCC1. The fraction of sp³-hybridized carbons (Fsp3) is 0.233. The van der Waals surface area contributed by atoms with Crippen molar-refractivity contribution in [2.75, 3.05) is 52.4 Å². The average Bonchev–Trinajstić information content (AvgIpc) is 1.60. The molecule has 0 spiro atoms. The molecule has 8 aromatic heterocycles. The predicted octanol–water partition coefficient (Wildman–Crippen LogP) is 13.9. The third-order valence-corrected chi connectivity index (χ3v) is 32.6. The maximum absolute atomic E-state index is 13.5. The third kappa shape index (κ3) is 16.6. The molecule has 4 fully saturated rings. The summed E-state index contributed by atoms with van der Waals surface area (Å²) in [4.78, 5) is 48.7. The highest BCUT2D eigenvalue weighted by Crippen LogP contribution is 2.38. The van der Waals surface area contributed by atoms with E-state index in [1.54, 1.807) is 188 Å². The minimum absolute atomic E-state index is 0.00275. The van der Waals surface area contributed by atoms with E-state index in [2.05, 4.69) is 29.9 Å². The number of sulfonamides is 4. The van der Waals surface area contributed by atoms with Crippen LogP contribution in [-0.2, 0) is 60.1 Å². The lowest BCUT2D eigenvalue weighted by molar-refractivity contribution is 0.100. The molecule has 4 saturated heterocycles. The van der Waals surface area contributed by atoms with E-state index in [4.69, 9.17) is 0 Å². The Bertz CT molecular complexity index is 6890. The molecule has 614 valence electrons. The van der Waals surface area contributed by atoms with Crippen LogP contribution in [0.1, 0.15) is 105 Å². The zero-order chi connectivity index (χ0) is 83.8. The molecule has 1 atom stereocenters. The van der Waals surface area contributed by atoms with E-state index < -0.39 is 72.0 Å². The number of hydrogen-bond donors (Lipinski definition) is 3. The number of Topliss-reactive ketones (excluding diaryl/α,β-unsaturated/α-hetero) is 2. The number of pyridine rings is 4. The molecule has 4 aliphatic rings. The van der Waals surface area contributed by atoms with Gasteiger partial charge in [-0.3, -0.25) is 9.59 Å². The van der Waals surface area contributed by atoms with E-state index in [1.165, 1.54) is 61.3 Å². The summed E-state index contributed by atoms with van der Waals surface area (Å²) in [6.07, 6.45) is 14.5. The summed E-state index contributed by atoms with van der Waals surface area (Å²) >= 11 is 0. The summed E-state index contributed by atoms with van der Waals surface area (Å²) in [7, 11) is -21.7. The molecule has 0 saturated carbocycles. The van der Waals surface area contributed by atoms with Crippen LogP contribution in [0, 0.1) is 0 Å². The quantitative estimate of drug-likeness (QED) is 0.0633. The van der Waals surface area contributed by atoms with Crippen molar-refractivity contribution in [3.8, 4) is 44.5 Å². The number of fused-ring (bicyclic) bond motifs is 4. The van der Waals surface area contributed by atoms with Crippen LogP contribution in [0.15, 0.2) is 267 Å². The fourth-order valence-electron chi connectivity index (χ4n) is 15.2. The van der Waals surface area contributed by atoms with Crippen LogP contribution >= 0.6 is 0 Å². The zero-order valence-electron chi connectivity index (χ0n) is 65.0. The van der Waals surface area contributed by atoms with Crippen LogP contribution < -0.4 is 0 Å². The second-order valence-electron chi connectivity index (χ2n) is 29.2. The van der Waals surface area contributed by atoms with Crippen molar-refractivity contribution in [1.82, 2.24) is 55.1 Å². The minimum Gasteiger partial charge on any atom is -0.387 e. The largest absolute Gasteiger partial charge is 0.387 e. The van der Waals surface area contributed by atoms with Crippen LogP contribution in [0.5, 0.6) is 0 Å². The van der Waals surface area contributed by atoms with Crippen molar-refractivity contribution in [2.24, 2.45) is 0 Å². The number of aliphatic hydroxyl groups is 1. The van der Waals surface area contributed by atoms with Crippen molar-refractivity contribution in [3.63, 3.8) is 0 Å².